The summed E-state index contributed by atoms with van der Waals surface area (Å²) in [5.74, 6) is -0.936. The number of nitrogens with one attached hydrogen (secondary N) is 3. The second kappa shape index (κ2) is 9.78. The Morgan fingerprint density at radius 2 is 2.03 bits per heavy atom. The Morgan fingerprint density at radius 3 is 2.61 bits per heavy atom. The van der Waals surface area contributed by atoms with Crippen molar-refractivity contribution in [2.75, 3.05) is 7.11 Å². The number of hydrogen-bond acceptors (Lipinski definition) is 5. The minimum absolute atomic E-state index is 0.0180. The molecule has 1 saturated heterocycles. The summed E-state index contributed by atoms with van der Waals surface area (Å²) in [6, 6.07) is 6.51. The summed E-state index contributed by atoms with van der Waals surface area (Å²) in [5.41, 5.74) is 0.691. The molecule has 1 aromatic heterocycles. The molecule has 0 radical (unpaired) electrons. The van der Waals surface area contributed by atoms with Crippen LogP contribution in [-0.2, 0) is 9.59 Å². The topological polar surface area (TPSA) is 124 Å². The van der Waals surface area contributed by atoms with Crippen LogP contribution in [0.4, 0.5) is 0 Å². The first-order valence-electron chi connectivity index (χ1n) is 12.3. The number of aromatic nitrogens is 1. The number of Topliss-reactive ketones (excluding diaryl/α,β-unsaturated/α-hetero) is 1. The quantitative estimate of drug-likeness (QED) is 0.426. The van der Waals surface area contributed by atoms with Crippen LogP contribution >= 0.6 is 11.6 Å². The van der Waals surface area contributed by atoms with Crippen LogP contribution in [-0.4, -0.2) is 41.3 Å². The molecule has 2 fully saturated rings. The number of ketones is 1. The lowest BCUT2D eigenvalue weighted by atomic mass is 9.81. The minimum Gasteiger partial charge on any atom is -0.497 e. The highest BCUT2D eigenvalue weighted by Gasteiger charge is 2.52. The van der Waals surface area contributed by atoms with Gasteiger partial charge in [0.05, 0.1) is 29.4 Å². The second-order valence-electron chi connectivity index (χ2n) is 11.4. The largest absolute Gasteiger partial charge is 0.497 e. The molecule has 9 heteroatoms. The first-order chi connectivity index (χ1) is 16.9. The molecule has 1 saturated carbocycles. The molecule has 2 aliphatic rings. The van der Waals surface area contributed by atoms with Gasteiger partial charge in [-0.25, -0.2) is 0 Å². The Kier molecular flexibility index (Phi) is 7.07. The van der Waals surface area contributed by atoms with Crippen molar-refractivity contribution in [3.8, 4) is 11.8 Å². The van der Waals surface area contributed by atoms with Gasteiger partial charge in [-0.2, -0.15) is 5.26 Å². The van der Waals surface area contributed by atoms with Crippen molar-refractivity contribution < 1.29 is 19.1 Å². The Balaban J connectivity index is 1.47. The number of halogens is 1. The highest BCUT2D eigenvalue weighted by molar-refractivity contribution is 6.35. The summed E-state index contributed by atoms with van der Waals surface area (Å²) in [5, 5.41) is 16.7. The molecule has 1 spiro atoms. The van der Waals surface area contributed by atoms with Crippen LogP contribution in [0.1, 0.15) is 69.8 Å². The number of hydrogen-bond donors (Lipinski definition) is 3. The lowest BCUT2D eigenvalue weighted by Crippen LogP contribution is -2.41. The number of carbonyl (C=O) groups is 3. The maximum absolute atomic E-state index is 13.3. The second-order valence-corrected chi connectivity index (χ2v) is 11.8. The predicted octanol–water partition coefficient (Wildman–Crippen LogP) is 4.52. The average Bonchev–Trinajstić information content (AvgIpc) is 3.27. The number of H-pyrrole nitrogens is 1. The molecule has 3 unspecified atom stereocenters. The van der Waals surface area contributed by atoms with Crippen LogP contribution in [0.25, 0.3) is 10.9 Å². The minimum atomic E-state index is -0.793. The van der Waals surface area contributed by atoms with Gasteiger partial charge >= 0.3 is 0 Å². The average molecular weight is 513 g/mol. The Bertz CT molecular complexity index is 1230. The maximum atomic E-state index is 13.3. The van der Waals surface area contributed by atoms with Gasteiger partial charge in [0.15, 0.2) is 5.78 Å². The zero-order chi connectivity index (χ0) is 26.3. The van der Waals surface area contributed by atoms with E-state index in [9.17, 15) is 19.6 Å². The number of rotatable bonds is 9. The van der Waals surface area contributed by atoms with Gasteiger partial charge in [-0.05, 0) is 49.7 Å². The van der Waals surface area contributed by atoms with Crippen molar-refractivity contribution in [2.24, 2.45) is 17.3 Å². The number of carbonyl (C=O) groups excluding carboxylic acids is 3. The summed E-state index contributed by atoms with van der Waals surface area (Å²) in [6.07, 6.45) is 3.37. The SMILES string of the molecule is COc1cc(Cl)c2[nH]c(C(=O)CC(CC(C)(C)C)C(=O)NC(C#N)CC3CC4(CC4)NC3=O)cc2c1. The van der Waals surface area contributed by atoms with Crippen molar-refractivity contribution in [1.29, 1.82) is 5.26 Å². The Labute approximate surface area is 216 Å². The smallest absolute Gasteiger partial charge is 0.224 e. The van der Waals surface area contributed by atoms with Crippen LogP contribution in [0.2, 0.25) is 5.02 Å². The Hall–Kier alpha value is -3.05. The molecule has 2 amide bonds. The number of benzene rings is 1. The van der Waals surface area contributed by atoms with Gasteiger partial charge in [-0.1, -0.05) is 32.4 Å². The van der Waals surface area contributed by atoms with Gasteiger partial charge in [0.25, 0.3) is 0 Å². The van der Waals surface area contributed by atoms with E-state index < -0.39 is 12.0 Å². The molecule has 4 rings (SSSR count). The van der Waals surface area contributed by atoms with E-state index in [2.05, 4.69) is 21.7 Å². The fraction of sp³-hybridized carbons (Fsp3) is 0.556. The van der Waals surface area contributed by atoms with Gasteiger partial charge < -0.3 is 20.4 Å². The predicted molar refractivity (Wildman–Crippen MR) is 137 cm³/mol. The van der Waals surface area contributed by atoms with E-state index in [1.54, 1.807) is 25.3 Å². The third kappa shape index (κ3) is 5.84. The standard InChI is InChI=1S/C27H33ClN4O4/c1-26(2,3)12-17(10-22(33)21-9-15-8-19(36-4)11-20(28)23(15)31-21)24(34)30-18(14-29)7-16-13-27(5-6-27)32-25(16)35/h8-9,11,16-18,31H,5-7,10,12-13H2,1-4H3,(H,30,34)(H,32,35). The van der Waals surface area contributed by atoms with Gasteiger partial charge in [0.1, 0.15) is 11.8 Å². The van der Waals surface area contributed by atoms with Crippen molar-refractivity contribution in [1.82, 2.24) is 15.6 Å². The van der Waals surface area contributed by atoms with Crippen LogP contribution in [0.15, 0.2) is 18.2 Å². The molecule has 2 aromatic rings. The highest BCUT2D eigenvalue weighted by Crippen LogP contribution is 2.46. The number of amides is 2. The van der Waals surface area contributed by atoms with Gasteiger partial charge in [0, 0.05) is 35.2 Å². The van der Waals surface area contributed by atoms with E-state index in [-0.39, 0.29) is 47.3 Å². The molecule has 192 valence electrons. The molecule has 0 bridgehead atoms. The summed E-state index contributed by atoms with van der Waals surface area (Å²) in [4.78, 5) is 41.9. The van der Waals surface area contributed by atoms with Crippen LogP contribution in [0.5, 0.6) is 5.75 Å². The zero-order valence-electron chi connectivity index (χ0n) is 21.2. The molecule has 36 heavy (non-hydrogen) atoms. The number of nitriles is 1. The third-order valence-corrected chi connectivity index (χ3v) is 7.39. The van der Waals surface area contributed by atoms with Crippen LogP contribution in [0.3, 0.4) is 0 Å². The Morgan fingerprint density at radius 1 is 1.31 bits per heavy atom. The number of aromatic amines is 1. The fourth-order valence-corrected chi connectivity index (χ4v) is 5.40. The van der Waals surface area contributed by atoms with Gasteiger partial charge in [-0.15, -0.1) is 0 Å². The molecular formula is C27H33ClN4O4. The van der Waals surface area contributed by atoms with Crippen molar-refractivity contribution >= 4 is 40.1 Å². The van der Waals surface area contributed by atoms with E-state index in [1.807, 2.05) is 20.8 Å². The summed E-state index contributed by atoms with van der Waals surface area (Å²) in [7, 11) is 1.55. The van der Waals surface area contributed by atoms with E-state index in [1.165, 1.54) is 0 Å². The van der Waals surface area contributed by atoms with Crippen molar-refractivity contribution in [2.45, 2.75) is 70.9 Å². The number of ether oxygens (including phenoxy) is 1. The number of nitrogens with zero attached hydrogens (tertiary/aromatic N) is 1. The first-order valence-corrected chi connectivity index (χ1v) is 12.7. The molecule has 3 N–H and O–H groups in total. The molecule has 3 atom stereocenters. The highest BCUT2D eigenvalue weighted by atomic mass is 35.5. The number of methoxy groups -OCH3 is 1. The van der Waals surface area contributed by atoms with E-state index in [4.69, 9.17) is 16.3 Å². The third-order valence-electron chi connectivity index (χ3n) is 7.09. The molecule has 1 aliphatic carbocycles. The summed E-state index contributed by atoms with van der Waals surface area (Å²) >= 11 is 6.33. The fourth-order valence-electron chi connectivity index (χ4n) is 5.14. The lowest BCUT2D eigenvalue weighted by molar-refractivity contribution is -0.127. The summed E-state index contributed by atoms with van der Waals surface area (Å²) < 4.78 is 5.25. The van der Waals surface area contributed by atoms with E-state index in [0.717, 1.165) is 18.2 Å². The van der Waals surface area contributed by atoms with Crippen LogP contribution in [0, 0.1) is 28.6 Å². The molecular weight excluding hydrogens is 480 g/mol. The summed E-state index contributed by atoms with van der Waals surface area (Å²) in [6.45, 7) is 6.02. The first kappa shape index (κ1) is 26.0. The van der Waals surface area contributed by atoms with Gasteiger partial charge in [-0.3, -0.25) is 14.4 Å². The molecule has 8 nitrogen and oxygen atoms in total. The molecule has 1 aliphatic heterocycles. The van der Waals surface area contributed by atoms with E-state index in [0.29, 0.717) is 34.8 Å². The van der Waals surface area contributed by atoms with Crippen molar-refractivity contribution in [3.05, 3.63) is 28.9 Å². The normalized spacial score (nSPS) is 20.0. The molecule has 2 heterocycles. The number of fused-ring (bicyclic) bond motifs is 1. The van der Waals surface area contributed by atoms with Gasteiger partial charge in [0.2, 0.25) is 11.8 Å². The van der Waals surface area contributed by atoms with Crippen molar-refractivity contribution in [3.63, 3.8) is 0 Å². The lowest BCUT2D eigenvalue weighted by Gasteiger charge is -2.26. The monoisotopic (exact) mass is 512 g/mol. The van der Waals surface area contributed by atoms with E-state index >= 15 is 0 Å². The molecule has 1 aromatic carbocycles. The van der Waals surface area contributed by atoms with Crippen LogP contribution < -0.4 is 15.4 Å². The zero-order valence-corrected chi connectivity index (χ0v) is 21.9. The maximum Gasteiger partial charge on any atom is 0.224 e.